The van der Waals surface area contributed by atoms with E-state index < -0.39 is 0 Å². The van der Waals surface area contributed by atoms with E-state index in [1.165, 1.54) is 18.4 Å². The first-order valence-corrected chi connectivity index (χ1v) is 3.70. The molecule has 0 aromatic carbocycles. The molecule has 10 heavy (non-hydrogen) atoms. The lowest BCUT2D eigenvalue weighted by Gasteiger charge is -2.14. The SMILES string of the molecule is C1=NCC=C2CCCN=C12. The maximum absolute atomic E-state index is 4.35. The molecule has 0 aliphatic carbocycles. The monoisotopic (exact) mass is 134 g/mol. The van der Waals surface area contributed by atoms with Crippen molar-refractivity contribution in [2.75, 3.05) is 13.1 Å². The first-order chi connectivity index (χ1) is 4.97. The van der Waals surface area contributed by atoms with E-state index in [9.17, 15) is 0 Å². The van der Waals surface area contributed by atoms with Crippen molar-refractivity contribution in [1.29, 1.82) is 0 Å². The third-order valence-electron chi connectivity index (χ3n) is 1.87. The van der Waals surface area contributed by atoms with Crippen molar-refractivity contribution in [2.24, 2.45) is 9.98 Å². The van der Waals surface area contributed by atoms with E-state index in [-0.39, 0.29) is 0 Å². The van der Waals surface area contributed by atoms with Gasteiger partial charge in [-0.2, -0.15) is 0 Å². The maximum Gasteiger partial charge on any atom is 0.0782 e. The van der Waals surface area contributed by atoms with E-state index >= 15 is 0 Å². The van der Waals surface area contributed by atoms with E-state index in [4.69, 9.17) is 0 Å². The van der Waals surface area contributed by atoms with Gasteiger partial charge < -0.3 is 0 Å². The summed E-state index contributed by atoms with van der Waals surface area (Å²) in [5, 5.41) is 0. The second-order valence-corrected chi connectivity index (χ2v) is 2.59. The molecule has 0 atom stereocenters. The summed E-state index contributed by atoms with van der Waals surface area (Å²) in [4.78, 5) is 8.48. The molecule has 2 aliphatic heterocycles. The van der Waals surface area contributed by atoms with E-state index in [0.29, 0.717) is 0 Å². The van der Waals surface area contributed by atoms with Crippen LogP contribution in [0.15, 0.2) is 21.6 Å². The summed E-state index contributed by atoms with van der Waals surface area (Å²) in [6.45, 7) is 1.84. The number of dihydropyridines is 1. The zero-order valence-corrected chi connectivity index (χ0v) is 5.88. The second-order valence-electron chi connectivity index (χ2n) is 2.59. The first kappa shape index (κ1) is 5.83. The fourth-order valence-corrected chi connectivity index (χ4v) is 1.33. The van der Waals surface area contributed by atoms with E-state index in [1.807, 2.05) is 6.21 Å². The van der Waals surface area contributed by atoms with Gasteiger partial charge in [0.2, 0.25) is 0 Å². The molecular weight excluding hydrogens is 124 g/mol. The fraction of sp³-hybridized carbons (Fsp3) is 0.500. The van der Waals surface area contributed by atoms with Gasteiger partial charge in [0.15, 0.2) is 0 Å². The van der Waals surface area contributed by atoms with Crippen LogP contribution in [0.5, 0.6) is 0 Å². The predicted octanol–water partition coefficient (Wildman–Crippen LogP) is 1.23. The van der Waals surface area contributed by atoms with Crippen molar-refractivity contribution < 1.29 is 0 Å². The van der Waals surface area contributed by atoms with Crippen molar-refractivity contribution in [3.8, 4) is 0 Å². The fourth-order valence-electron chi connectivity index (χ4n) is 1.33. The van der Waals surface area contributed by atoms with Crippen LogP contribution in [-0.2, 0) is 0 Å². The van der Waals surface area contributed by atoms with Crippen LogP contribution >= 0.6 is 0 Å². The van der Waals surface area contributed by atoms with Crippen LogP contribution in [0.4, 0.5) is 0 Å². The second kappa shape index (κ2) is 2.37. The molecule has 0 bridgehead atoms. The molecule has 2 rings (SSSR count). The van der Waals surface area contributed by atoms with Gasteiger partial charge in [-0.05, 0) is 18.4 Å². The molecule has 2 nitrogen and oxygen atoms in total. The molecule has 0 radical (unpaired) electrons. The summed E-state index contributed by atoms with van der Waals surface area (Å²) < 4.78 is 0. The lowest BCUT2D eigenvalue weighted by molar-refractivity contribution is 0.814. The topological polar surface area (TPSA) is 24.7 Å². The summed E-state index contributed by atoms with van der Waals surface area (Å²) in [5.41, 5.74) is 2.53. The number of nitrogens with zero attached hydrogens (tertiary/aromatic N) is 2. The van der Waals surface area contributed by atoms with Crippen molar-refractivity contribution in [3.63, 3.8) is 0 Å². The highest BCUT2D eigenvalue weighted by atomic mass is 14.8. The smallest absolute Gasteiger partial charge is 0.0782 e. The Bertz CT molecular complexity index is 223. The van der Waals surface area contributed by atoms with Gasteiger partial charge in [0, 0.05) is 12.8 Å². The molecule has 2 aliphatic rings. The van der Waals surface area contributed by atoms with Gasteiger partial charge in [-0.3, -0.25) is 9.98 Å². The molecule has 0 saturated carbocycles. The quantitative estimate of drug-likeness (QED) is 0.476. The Labute approximate surface area is 60.4 Å². The van der Waals surface area contributed by atoms with Crippen LogP contribution in [-0.4, -0.2) is 25.0 Å². The van der Waals surface area contributed by atoms with Crippen molar-refractivity contribution in [1.82, 2.24) is 0 Å². The van der Waals surface area contributed by atoms with Crippen LogP contribution in [0.1, 0.15) is 12.8 Å². The molecule has 0 amide bonds. The van der Waals surface area contributed by atoms with Gasteiger partial charge in [0.1, 0.15) is 0 Å². The molecule has 0 fully saturated rings. The highest BCUT2D eigenvalue weighted by molar-refractivity contribution is 6.38. The number of allylic oxidation sites excluding steroid dienone is 1. The Hall–Kier alpha value is -0.920. The van der Waals surface area contributed by atoms with E-state index in [2.05, 4.69) is 16.1 Å². The normalized spacial score (nSPS) is 23.2. The van der Waals surface area contributed by atoms with Gasteiger partial charge in [0.05, 0.1) is 12.3 Å². The Morgan fingerprint density at radius 2 is 2.40 bits per heavy atom. The molecular formula is C8H10N2. The highest BCUT2D eigenvalue weighted by Crippen LogP contribution is 2.14. The third kappa shape index (κ3) is 0.897. The van der Waals surface area contributed by atoms with Crippen molar-refractivity contribution in [3.05, 3.63) is 11.6 Å². The van der Waals surface area contributed by atoms with Crippen LogP contribution in [0, 0.1) is 0 Å². The summed E-state index contributed by atoms with van der Waals surface area (Å²) in [5.74, 6) is 0. The first-order valence-electron chi connectivity index (χ1n) is 3.70. The number of hydrogen-bond donors (Lipinski definition) is 0. The minimum Gasteiger partial charge on any atom is -0.287 e. The number of aliphatic imine (C=N–C) groups is 2. The zero-order valence-electron chi connectivity index (χ0n) is 5.88. The molecule has 52 valence electrons. The van der Waals surface area contributed by atoms with Crippen LogP contribution in [0.2, 0.25) is 0 Å². The highest BCUT2D eigenvalue weighted by Gasteiger charge is 2.10. The average molecular weight is 134 g/mol. The molecule has 0 spiro atoms. The molecule has 0 unspecified atom stereocenters. The average Bonchev–Trinajstić information content (AvgIpc) is 2.05. The molecule has 2 heterocycles. The number of fused-ring (bicyclic) bond motifs is 1. The minimum atomic E-state index is 0.856. The minimum absolute atomic E-state index is 0.856. The third-order valence-corrected chi connectivity index (χ3v) is 1.87. The molecule has 0 aromatic heterocycles. The Balaban J connectivity index is 2.32. The van der Waals surface area contributed by atoms with Gasteiger partial charge >= 0.3 is 0 Å². The maximum atomic E-state index is 4.35. The van der Waals surface area contributed by atoms with Crippen LogP contribution in [0.25, 0.3) is 0 Å². The Morgan fingerprint density at radius 3 is 3.30 bits per heavy atom. The molecule has 0 aromatic rings. The lowest BCUT2D eigenvalue weighted by Crippen LogP contribution is -2.14. The number of rotatable bonds is 0. The molecule has 0 N–H and O–H groups in total. The summed E-state index contributed by atoms with van der Waals surface area (Å²) in [6.07, 6.45) is 6.49. The summed E-state index contributed by atoms with van der Waals surface area (Å²) in [6, 6.07) is 0. The van der Waals surface area contributed by atoms with Crippen molar-refractivity contribution >= 4 is 11.9 Å². The summed E-state index contributed by atoms with van der Waals surface area (Å²) in [7, 11) is 0. The largest absolute Gasteiger partial charge is 0.287 e. The molecule has 2 heteroatoms. The number of hydrogen-bond acceptors (Lipinski definition) is 2. The lowest BCUT2D eigenvalue weighted by atomic mass is 10.0. The Morgan fingerprint density at radius 1 is 1.40 bits per heavy atom. The zero-order chi connectivity index (χ0) is 6.81. The van der Waals surface area contributed by atoms with Crippen LogP contribution < -0.4 is 0 Å². The van der Waals surface area contributed by atoms with Gasteiger partial charge in [-0.1, -0.05) is 6.08 Å². The Kier molecular flexibility index (Phi) is 1.38. The van der Waals surface area contributed by atoms with Gasteiger partial charge in [-0.15, -0.1) is 0 Å². The van der Waals surface area contributed by atoms with E-state index in [1.54, 1.807) is 0 Å². The van der Waals surface area contributed by atoms with Crippen LogP contribution in [0.3, 0.4) is 0 Å². The van der Waals surface area contributed by atoms with E-state index in [0.717, 1.165) is 18.8 Å². The standard InChI is InChI=1S/C8H10N2/c1-2-7-3-5-9-6-8(7)10-4-1/h3,6H,1-2,4-5H2. The predicted molar refractivity (Wildman–Crippen MR) is 43.0 cm³/mol. The molecule has 0 saturated heterocycles. The van der Waals surface area contributed by atoms with Gasteiger partial charge in [0.25, 0.3) is 0 Å². The van der Waals surface area contributed by atoms with Gasteiger partial charge in [-0.25, -0.2) is 0 Å². The van der Waals surface area contributed by atoms with Crippen molar-refractivity contribution in [2.45, 2.75) is 12.8 Å². The summed E-state index contributed by atoms with van der Waals surface area (Å²) >= 11 is 0.